The Bertz CT molecular complexity index is 348. The van der Waals surface area contributed by atoms with E-state index in [9.17, 15) is 0 Å². The van der Waals surface area contributed by atoms with E-state index >= 15 is 0 Å². The molecule has 1 aromatic carbocycles. The highest BCUT2D eigenvalue weighted by Gasteiger charge is 2.31. The second-order valence-corrected chi connectivity index (χ2v) is 3.87. The van der Waals surface area contributed by atoms with Crippen LogP contribution in [-0.2, 0) is 11.2 Å². The molecular formula is C11H14N2O. The Morgan fingerprint density at radius 3 is 2.71 bits per heavy atom. The van der Waals surface area contributed by atoms with E-state index in [0.717, 1.165) is 6.42 Å². The normalized spacial score (nSPS) is 25.6. The summed E-state index contributed by atoms with van der Waals surface area (Å²) in [4.78, 5) is 4.06. The maximum atomic E-state index is 5.49. The highest BCUT2D eigenvalue weighted by atomic mass is 16.5. The van der Waals surface area contributed by atoms with Gasteiger partial charge in [0.2, 0.25) is 0 Å². The van der Waals surface area contributed by atoms with Crippen molar-refractivity contribution in [1.29, 1.82) is 0 Å². The minimum absolute atomic E-state index is 0.258. The van der Waals surface area contributed by atoms with Crippen LogP contribution in [0.5, 0.6) is 0 Å². The van der Waals surface area contributed by atoms with Crippen LogP contribution in [-0.4, -0.2) is 18.2 Å². The Kier molecular flexibility index (Phi) is 2.15. The molecule has 1 unspecified atom stereocenters. The van der Waals surface area contributed by atoms with Crippen molar-refractivity contribution in [2.45, 2.75) is 18.9 Å². The molecule has 0 saturated carbocycles. The number of hydrogen-bond donors (Lipinski definition) is 1. The second-order valence-electron chi connectivity index (χ2n) is 3.87. The molecule has 0 aliphatic carbocycles. The monoisotopic (exact) mass is 190 g/mol. The maximum Gasteiger partial charge on any atom is 0.282 e. The first-order valence-corrected chi connectivity index (χ1v) is 4.71. The van der Waals surface area contributed by atoms with Gasteiger partial charge >= 0.3 is 0 Å². The van der Waals surface area contributed by atoms with Crippen LogP contribution >= 0.6 is 0 Å². The van der Waals surface area contributed by atoms with Crippen molar-refractivity contribution in [2.75, 3.05) is 6.54 Å². The van der Waals surface area contributed by atoms with Crippen LogP contribution in [0.1, 0.15) is 12.5 Å². The molecule has 2 rings (SSSR count). The summed E-state index contributed by atoms with van der Waals surface area (Å²) in [6.45, 7) is 2.68. The molecule has 0 spiro atoms. The van der Waals surface area contributed by atoms with Crippen LogP contribution in [0.3, 0.4) is 0 Å². The van der Waals surface area contributed by atoms with Crippen LogP contribution in [0.2, 0.25) is 0 Å². The highest BCUT2D eigenvalue weighted by Crippen LogP contribution is 2.21. The number of ether oxygens (including phenoxy) is 1. The number of nitrogens with zero attached hydrogens (tertiary/aromatic N) is 1. The Morgan fingerprint density at radius 1 is 1.43 bits per heavy atom. The summed E-state index contributed by atoms with van der Waals surface area (Å²) < 4.78 is 5.48. The molecule has 74 valence electrons. The number of aliphatic imine (C=N–C) groups is 1. The zero-order valence-corrected chi connectivity index (χ0v) is 8.23. The number of nitrogens with two attached hydrogens (primary N) is 1. The van der Waals surface area contributed by atoms with Crippen molar-refractivity contribution >= 4 is 6.02 Å². The topological polar surface area (TPSA) is 47.6 Å². The summed E-state index contributed by atoms with van der Waals surface area (Å²) >= 11 is 0. The van der Waals surface area contributed by atoms with Gasteiger partial charge in [0.1, 0.15) is 5.60 Å². The predicted octanol–water partition coefficient (Wildman–Crippen LogP) is 1.33. The van der Waals surface area contributed by atoms with Gasteiger partial charge in [-0.3, -0.25) is 0 Å². The summed E-state index contributed by atoms with van der Waals surface area (Å²) in [6, 6.07) is 10.5. The molecule has 0 fully saturated rings. The van der Waals surface area contributed by atoms with Gasteiger partial charge in [-0.2, -0.15) is 0 Å². The average molecular weight is 190 g/mol. The third-order valence-corrected chi connectivity index (χ3v) is 2.34. The fraction of sp³-hybridized carbons (Fsp3) is 0.364. The van der Waals surface area contributed by atoms with Crippen molar-refractivity contribution in [1.82, 2.24) is 0 Å². The van der Waals surface area contributed by atoms with Gasteiger partial charge in [0.05, 0.1) is 6.54 Å². The van der Waals surface area contributed by atoms with Gasteiger partial charge in [-0.15, -0.1) is 0 Å². The quantitative estimate of drug-likeness (QED) is 0.764. The fourth-order valence-electron chi connectivity index (χ4n) is 1.68. The van der Waals surface area contributed by atoms with Gasteiger partial charge in [0.25, 0.3) is 6.02 Å². The average Bonchev–Trinajstić information content (AvgIpc) is 2.47. The molecule has 14 heavy (non-hydrogen) atoms. The van der Waals surface area contributed by atoms with Gasteiger partial charge in [0, 0.05) is 6.42 Å². The van der Waals surface area contributed by atoms with Crippen LogP contribution in [0.4, 0.5) is 0 Å². The van der Waals surface area contributed by atoms with Crippen LogP contribution in [0, 0.1) is 0 Å². The Balaban J connectivity index is 2.06. The molecular weight excluding hydrogens is 176 g/mol. The fourth-order valence-corrected chi connectivity index (χ4v) is 1.68. The van der Waals surface area contributed by atoms with Crippen LogP contribution in [0.25, 0.3) is 0 Å². The van der Waals surface area contributed by atoms with E-state index in [4.69, 9.17) is 10.5 Å². The Hall–Kier alpha value is -1.51. The number of hydrogen-bond acceptors (Lipinski definition) is 3. The largest absolute Gasteiger partial charge is 0.457 e. The minimum atomic E-state index is -0.258. The zero-order valence-electron chi connectivity index (χ0n) is 8.23. The lowest BCUT2D eigenvalue weighted by Gasteiger charge is -2.22. The van der Waals surface area contributed by atoms with E-state index in [1.54, 1.807) is 0 Å². The third kappa shape index (κ3) is 1.87. The summed E-state index contributed by atoms with van der Waals surface area (Å²) in [7, 11) is 0. The maximum absolute atomic E-state index is 5.49. The molecule has 0 amide bonds. The first-order chi connectivity index (χ1) is 6.68. The summed E-state index contributed by atoms with van der Waals surface area (Å²) in [5.41, 5.74) is 6.48. The van der Waals surface area contributed by atoms with Crippen molar-refractivity contribution in [3.05, 3.63) is 35.9 Å². The highest BCUT2D eigenvalue weighted by molar-refractivity contribution is 5.73. The molecule has 1 aliphatic rings. The second kappa shape index (κ2) is 3.33. The van der Waals surface area contributed by atoms with E-state index in [2.05, 4.69) is 17.1 Å². The van der Waals surface area contributed by atoms with Gasteiger partial charge in [-0.1, -0.05) is 30.3 Å². The third-order valence-electron chi connectivity index (χ3n) is 2.34. The molecule has 0 aromatic heterocycles. The summed E-state index contributed by atoms with van der Waals surface area (Å²) in [5.74, 6) is 0. The predicted molar refractivity (Wildman–Crippen MR) is 56.1 cm³/mol. The minimum Gasteiger partial charge on any atom is -0.457 e. The molecule has 3 heteroatoms. The van der Waals surface area contributed by atoms with E-state index in [1.165, 1.54) is 5.56 Å². The van der Waals surface area contributed by atoms with Crippen LogP contribution in [0.15, 0.2) is 35.3 Å². The molecule has 1 heterocycles. The molecule has 3 nitrogen and oxygen atoms in total. The molecule has 1 atom stereocenters. The van der Waals surface area contributed by atoms with E-state index in [0.29, 0.717) is 12.6 Å². The SMILES string of the molecule is CC1(Cc2ccccc2)CN=C(N)O1. The first-order valence-electron chi connectivity index (χ1n) is 4.71. The van der Waals surface area contributed by atoms with Gasteiger partial charge in [0.15, 0.2) is 0 Å². The molecule has 0 radical (unpaired) electrons. The standard InChI is InChI=1S/C11H14N2O/c1-11(8-13-10(12)14-11)7-9-5-3-2-4-6-9/h2-6H,7-8H2,1H3,(H2,12,13). The van der Waals surface area contributed by atoms with E-state index in [1.807, 2.05) is 25.1 Å². The van der Waals surface area contributed by atoms with Gasteiger partial charge < -0.3 is 10.5 Å². The van der Waals surface area contributed by atoms with E-state index in [-0.39, 0.29) is 5.60 Å². The summed E-state index contributed by atoms with van der Waals surface area (Å²) in [5, 5.41) is 0. The van der Waals surface area contributed by atoms with Crippen molar-refractivity contribution in [2.24, 2.45) is 10.7 Å². The lowest BCUT2D eigenvalue weighted by molar-refractivity contribution is 0.107. The molecule has 1 aliphatic heterocycles. The lowest BCUT2D eigenvalue weighted by Crippen LogP contribution is -2.33. The zero-order chi connectivity index (χ0) is 10.0. The number of rotatable bonds is 2. The van der Waals surface area contributed by atoms with Gasteiger partial charge in [-0.05, 0) is 12.5 Å². The Labute approximate surface area is 83.6 Å². The molecule has 2 N–H and O–H groups in total. The van der Waals surface area contributed by atoms with Gasteiger partial charge in [-0.25, -0.2) is 4.99 Å². The lowest BCUT2D eigenvalue weighted by atomic mass is 9.97. The molecule has 0 saturated heterocycles. The Morgan fingerprint density at radius 2 is 2.14 bits per heavy atom. The van der Waals surface area contributed by atoms with E-state index < -0.39 is 0 Å². The number of amidine groups is 1. The smallest absolute Gasteiger partial charge is 0.282 e. The number of benzene rings is 1. The molecule has 0 bridgehead atoms. The van der Waals surface area contributed by atoms with Crippen molar-refractivity contribution in [3.8, 4) is 0 Å². The summed E-state index contributed by atoms with van der Waals surface area (Å²) in [6.07, 6.45) is 0.845. The van der Waals surface area contributed by atoms with Crippen molar-refractivity contribution in [3.63, 3.8) is 0 Å². The van der Waals surface area contributed by atoms with Crippen molar-refractivity contribution < 1.29 is 4.74 Å². The first kappa shape index (κ1) is 9.06. The van der Waals surface area contributed by atoms with Crippen LogP contribution < -0.4 is 5.73 Å². The molecule has 1 aromatic rings.